The van der Waals surface area contributed by atoms with Crippen LogP contribution in [0, 0.1) is 5.82 Å². The Morgan fingerprint density at radius 1 is 1.38 bits per heavy atom. The fourth-order valence-corrected chi connectivity index (χ4v) is 2.53. The molecule has 1 heterocycles. The first-order valence-corrected chi connectivity index (χ1v) is 6.04. The van der Waals surface area contributed by atoms with Gasteiger partial charge in [-0.3, -0.25) is 0 Å². The normalized spacial score (nSPS) is 12.6. The van der Waals surface area contributed by atoms with E-state index in [4.69, 9.17) is 5.73 Å². The minimum atomic E-state index is -0.184. The molecule has 0 aliphatic rings. The van der Waals surface area contributed by atoms with Crippen molar-refractivity contribution in [2.24, 2.45) is 5.73 Å². The van der Waals surface area contributed by atoms with Gasteiger partial charge in [0.2, 0.25) is 0 Å². The van der Waals surface area contributed by atoms with Crippen LogP contribution in [0.5, 0.6) is 0 Å². The molecular formula is C12H13FN2S. The number of hydrogen-bond donors (Lipinski definition) is 1. The van der Waals surface area contributed by atoms with Gasteiger partial charge in [-0.1, -0.05) is 18.2 Å². The molecule has 2 nitrogen and oxygen atoms in total. The SMILES string of the molecule is NCCC(c1nccs1)c1ccccc1F. The third-order valence-electron chi connectivity index (χ3n) is 2.49. The number of aromatic nitrogens is 1. The van der Waals surface area contributed by atoms with E-state index in [0.717, 1.165) is 5.01 Å². The van der Waals surface area contributed by atoms with Crippen molar-refractivity contribution in [1.29, 1.82) is 0 Å². The summed E-state index contributed by atoms with van der Waals surface area (Å²) >= 11 is 1.54. The minimum Gasteiger partial charge on any atom is -0.330 e. The van der Waals surface area contributed by atoms with Crippen LogP contribution in [0.2, 0.25) is 0 Å². The van der Waals surface area contributed by atoms with Gasteiger partial charge in [-0.2, -0.15) is 0 Å². The molecule has 0 amide bonds. The van der Waals surface area contributed by atoms with Gasteiger partial charge in [0.25, 0.3) is 0 Å². The van der Waals surface area contributed by atoms with E-state index in [2.05, 4.69) is 4.98 Å². The standard InChI is InChI=1S/C12H13FN2S/c13-11-4-2-1-3-9(11)10(5-6-14)12-15-7-8-16-12/h1-4,7-8,10H,5-6,14H2. The average molecular weight is 236 g/mol. The summed E-state index contributed by atoms with van der Waals surface area (Å²) in [7, 11) is 0. The number of hydrogen-bond acceptors (Lipinski definition) is 3. The summed E-state index contributed by atoms with van der Waals surface area (Å²) in [5.74, 6) is -0.206. The van der Waals surface area contributed by atoms with Crippen molar-refractivity contribution >= 4 is 11.3 Å². The van der Waals surface area contributed by atoms with E-state index in [1.54, 1.807) is 29.7 Å². The number of nitrogens with zero attached hydrogens (tertiary/aromatic N) is 1. The molecule has 0 bridgehead atoms. The molecule has 0 fully saturated rings. The Morgan fingerprint density at radius 3 is 2.81 bits per heavy atom. The zero-order valence-corrected chi connectivity index (χ0v) is 9.58. The molecular weight excluding hydrogens is 223 g/mol. The Balaban J connectivity index is 2.37. The van der Waals surface area contributed by atoms with Gasteiger partial charge in [0, 0.05) is 17.5 Å². The summed E-state index contributed by atoms with van der Waals surface area (Å²) in [5.41, 5.74) is 6.26. The first kappa shape index (κ1) is 11.2. The average Bonchev–Trinajstić information content (AvgIpc) is 2.80. The molecule has 0 radical (unpaired) electrons. The number of halogens is 1. The zero-order chi connectivity index (χ0) is 11.4. The van der Waals surface area contributed by atoms with E-state index in [0.29, 0.717) is 18.5 Å². The number of benzene rings is 1. The summed E-state index contributed by atoms with van der Waals surface area (Å²) in [6.45, 7) is 0.526. The smallest absolute Gasteiger partial charge is 0.127 e. The maximum Gasteiger partial charge on any atom is 0.127 e. The lowest BCUT2D eigenvalue weighted by molar-refractivity contribution is 0.586. The van der Waals surface area contributed by atoms with E-state index in [-0.39, 0.29) is 11.7 Å². The Labute approximate surface area is 97.9 Å². The van der Waals surface area contributed by atoms with Gasteiger partial charge in [0.1, 0.15) is 10.8 Å². The molecule has 0 aliphatic carbocycles. The molecule has 4 heteroatoms. The zero-order valence-electron chi connectivity index (χ0n) is 8.77. The first-order valence-electron chi connectivity index (χ1n) is 5.17. The van der Waals surface area contributed by atoms with Crippen LogP contribution in [0.1, 0.15) is 22.9 Å². The van der Waals surface area contributed by atoms with Crippen molar-refractivity contribution in [3.63, 3.8) is 0 Å². The van der Waals surface area contributed by atoms with Crippen molar-refractivity contribution in [3.05, 3.63) is 52.2 Å². The number of rotatable bonds is 4. The van der Waals surface area contributed by atoms with Crippen LogP contribution in [0.15, 0.2) is 35.8 Å². The molecule has 84 valence electrons. The molecule has 0 saturated heterocycles. The lowest BCUT2D eigenvalue weighted by Gasteiger charge is -2.14. The van der Waals surface area contributed by atoms with Crippen LogP contribution in [0.25, 0.3) is 0 Å². The third kappa shape index (κ3) is 2.28. The Hall–Kier alpha value is -1.26. The molecule has 1 aromatic carbocycles. The highest BCUT2D eigenvalue weighted by Crippen LogP contribution is 2.30. The largest absolute Gasteiger partial charge is 0.330 e. The lowest BCUT2D eigenvalue weighted by atomic mass is 9.96. The Bertz CT molecular complexity index is 442. The highest BCUT2D eigenvalue weighted by molar-refractivity contribution is 7.09. The lowest BCUT2D eigenvalue weighted by Crippen LogP contribution is -2.10. The van der Waals surface area contributed by atoms with E-state index in [9.17, 15) is 4.39 Å². The molecule has 2 N–H and O–H groups in total. The van der Waals surface area contributed by atoms with Gasteiger partial charge >= 0.3 is 0 Å². The second-order valence-corrected chi connectivity index (χ2v) is 4.45. The first-order chi connectivity index (χ1) is 7.83. The maximum absolute atomic E-state index is 13.7. The summed E-state index contributed by atoms with van der Waals surface area (Å²) in [6, 6.07) is 6.82. The van der Waals surface area contributed by atoms with Crippen LogP contribution in [0.4, 0.5) is 4.39 Å². The van der Waals surface area contributed by atoms with Crippen LogP contribution in [-0.4, -0.2) is 11.5 Å². The second kappa shape index (κ2) is 5.18. The monoisotopic (exact) mass is 236 g/mol. The maximum atomic E-state index is 13.7. The van der Waals surface area contributed by atoms with Crippen molar-refractivity contribution in [3.8, 4) is 0 Å². The van der Waals surface area contributed by atoms with E-state index in [1.165, 1.54) is 6.07 Å². The molecule has 0 saturated carbocycles. The molecule has 1 atom stereocenters. The van der Waals surface area contributed by atoms with Crippen molar-refractivity contribution in [2.75, 3.05) is 6.54 Å². The predicted molar refractivity (Wildman–Crippen MR) is 64.0 cm³/mol. The fourth-order valence-electron chi connectivity index (χ4n) is 1.74. The highest BCUT2D eigenvalue weighted by Gasteiger charge is 2.18. The van der Waals surface area contributed by atoms with E-state index in [1.807, 2.05) is 11.4 Å². The van der Waals surface area contributed by atoms with Gasteiger partial charge in [-0.25, -0.2) is 9.37 Å². The molecule has 1 unspecified atom stereocenters. The summed E-state index contributed by atoms with van der Waals surface area (Å²) in [5, 5.41) is 2.83. The highest BCUT2D eigenvalue weighted by atomic mass is 32.1. The van der Waals surface area contributed by atoms with Crippen LogP contribution < -0.4 is 5.73 Å². The van der Waals surface area contributed by atoms with Crippen LogP contribution >= 0.6 is 11.3 Å². The predicted octanol–water partition coefficient (Wildman–Crippen LogP) is 2.76. The summed E-state index contributed by atoms with van der Waals surface area (Å²) in [6.07, 6.45) is 2.46. The third-order valence-corrected chi connectivity index (χ3v) is 3.37. The molecule has 16 heavy (non-hydrogen) atoms. The molecule has 1 aromatic heterocycles. The van der Waals surface area contributed by atoms with Gasteiger partial charge in [-0.05, 0) is 24.6 Å². The molecule has 2 rings (SSSR count). The second-order valence-electron chi connectivity index (χ2n) is 3.52. The Kier molecular flexibility index (Phi) is 3.64. The van der Waals surface area contributed by atoms with Gasteiger partial charge in [0.15, 0.2) is 0 Å². The van der Waals surface area contributed by atoms with Crippen molar-refractivity contribution in [2.45, 2.75) is 12.3 Å². The van der Waals surface area contributed by atoms with E-state index >= 15 is 0 Å². The van der Waals surface area contributed by atoms with Crippen molar-refractivity contribution < 1.29 is 4.39 Å². The van der Waals surface area contributed by atoms with Gasteiger partial charge in [0.05, 0.1) is 0 Å². The molecule has 2 aromatic rings. The topological polar surface area (TPSA) is 38.9 Å². The van der Waals surface area contributed by atoms with Crippen LogP contribution in [-0.2, 0) is 0 Å². The van der Waals surface area contributed by atoms with Crippen molar-refractivity contribution in [1.82, 2.24) is 4.98 Å². The van der Waals surface area contributed by atoms with Crippen LogP contribution in [0.3, 0.4) is 0 Å². The summed E-state index contributed by atoms with van der Waals surface area (Å²) < 4.78 is 13.7. The molecule has 0 aliphatic heterocycles. The quantitative estimate of drug-likeness (QED) is 0.886. The number of thiazole rings is 1. The van der Waals surface area contributed by atoms with Gasteiger partial charge < -0.3 is 5.73 Å². The molecule has 0 spiro atoms. The summed E-state index contributed by atoms with van der Waals surface area (Å²) in [4.78, 5) is 4.25. The minimum absolute atomic E-state index is 0.0220. The Morgan fingerprint density at radius 2 is 2.19 bits per heavy atom. The van der Waals surface area contributed by atoms with E-state index < -0.39 is 0 Å². The van der Waals surface area contributed by atoms with Gasteiger partial charge in [-0.15, -0.1) is 11.3 Å². The number of nitrogens with two attached hydrogens (primary N) is 1. The fraction of sp³-hybridized carbons (Fsp3) is 0.250.